The molecule has 2 aromatic heterocycles. The molecule has 0 saturated carbocycles. The third kappa shape index (κ3) is 5.96. The Kier molecular flexibility index (Phi) is 7.49. The molecule has 0 radical (unpaired) electrons. The summed E-state index contributed by atoms with van der Waals surface area (Å²) in [6.07, 6.45) is -1.81. The molecule has 10 heteroatoms. The van der Waals surface area contributed by atoms with Gasteiger partial charge in [-0.2, -0.15) is 13.2 Å². The van der Waals surface area contributed by atoms with Gasteiger partial charge in [0.15, 0.2) is 5.65 Å². The number of alkyl halides is 3. The van der Waals surface area contributed by atoms with Gasteiger partial charge in [0.05, 0.1) is 23.5 Å². The second-order valence-electron chi connectivity index (χ2n) is 8.47. The van der Waals surface area contributed by atoms with Crippen LogP contribution in [-0.2, 0) is 19.1 Å². The van der Waals surface area contributed by atoms with E-state index in [1.54, 1.807) is 37.3 Å². The van der Waals surface area contributed by atoms with Crippen molar-refractivity contribution >= 4 is 40.2 Å². The predicted molar refractivity (Wildman–Crippen MR) is 136 cm³/mol. The fourth-order valence-electron chi connectivity index (χ4n) is 3.84. The fourth-order valence-corrected chi connectivity index (χ4v) is 4.03. The van der Waals surface area contributed by atoms with Crippen LogP contribution < -0.4 is 10.6 Å². The number of rotatable bonds is 7. The van der Waals surface area contributed by atoms with Crippen LogP contribution >= 0.6 is 11.6 Å². The van der Waals surface area contributed by atoms with Crippen molar-refractivity contribution in [3.63, 3.8) is 0 Å². The van der Waals surface area contributed by atoms with Gasteiger partial charge in [-0.15, -0.1) is 0 Å². The normalized spacial score (nSPS) is 11.6. The molecule has 2 N–H and O–H groups in total. The van der Waals surface area contributed by atoms with Gasteiger partial charge in [-0.25, -0.2) is 14.8 Å². The standard InChI is InChI=1S/C26H25ClF3N5O/c1-3-4-8-23-33-22-14-21(34-25(36)32-20-7-5-6-19(27)13-20)16(2)31-24(22)35(23)15-17-9-11-18(12-10-17)26(28,29)30/h5-7,9-14H,3-4,8,15H2,1-2H3,(H2,32,34,36). The van der Waals surface area contributed by atoms with Gasteiger partial charge in [0.25, 0.3) is 0 Å². The van der Waals surface area contributed by atoms with Crippen LogP contribution in [0.15, 0.2) is 54.6 Å². The van der Waals surface area contributed by atoms with Crippen molar-refractivity contribution in [2.24, 2.45) is 0 Å². The quantitative estimate of drug-likeness (QED) is 0.268. The van der Waals surface area contributed by atoms with Crippen LogP contribution in [0.25, 0.3) is 11.2 Å². The number of hydrogen-bond donors (Lipinski definition) is 2. The summed E-state index contributed by atoms with van der Waals surface area (Å²) in [6, 6.07) is 13.2. The Labute approximate surface area is 211 Å². The van der Waals surface area contributed by atoms with E-state index in [-0.39, 0.29) is 0 Å². The SMILES string of the molecule is CCCCc1nc2cc(NC(=O)Nc3cccc(Cl)c3)c(C)nc2n1Cc1ccc(C(F)(F)F)cc1. The molecule has 2 heterocycles. The van der Waals surface area contributed by atoms with Crippen molar-refractivity contribution in [3.05, 3.63) is 82.3 Å². The number of nitrogens with one attached hydrogen (secondary N) is 2. The number of imidazole rings is 1. The summed E-state index contributed by atoms with van der Waals surface area (Å²) in [5, 5.41) is 6.04. The van der Waals surface area contributed by atoms with Crippen molar-refractivity contribution in [1.82, 2.24) is 14.5 Å². The number of urea groups is 1. The van der Waals surface area contributed by atoms with Crippen LogP contribution in [0.1, 0.15) is 42.4 Å². The third-order valence-corrected chi connectivity index (χ3v) is 5.93. The first kappa shape index (κ1) is 25.5. The first-order valence-electron chi connectivity index (χ1n) is 11.5. The largest absolute Gasteiger partial charge is 0.416 e. The highest BCUT2D eigenvalue weighted by Gasteiger charge is 2.30. The van der Waals surface area contributed by atoms with Crippen molar-refractivity contribution in [3.8, 4) is 0 Å². The highest BCUT2D eigenvalue weighted by atomic mass is 35.5. The fraction of sp³-hybridized carbons (Fsp3) is 0.269. The van der Waals surface area contributed by atoms with Gasteiger partial charge >= 0.3 is 12.2 Å². The summed E-state index contributed by atoms with van der Waals surface area (Å²) in [4.78, 5) is 22.0. The summed E-state index contributed by atoms with van der Waals surface area (Å²) in [5.41, 5.74) is 2.87. The Bertz CT molecular complexity index is 1380. The molecule has 6 nitrogen and oxygen atoms in total. The van der Waals surface area contributed by atoms with E-state index >= 15 is 0 Å². The number of aromatic nitrogens is 3. The molecular weight excluding hydrogens is 491 g/mol. The Balaban J connectivity index is 1.62. The second-order valence-corrected chi connectivity index (χ2v) is 8.90. The maximum Gasteiger partial charge on any atom is 0.416 e. The lowest BCUT2D eigenvalue weighted by Gasteiger charge is -2.12. The van der Waals surface area contributed by atoms with Gasteiger partial charge in [-0.3, -0.25) is 0 Å². The van der Waals surface area contributed by atoms with E-state index in [0.717, 1.165) is 30.8 Å². The molecule has 36 heavy (non-hydrogen) atoms. The van der Waals surface area contributed by atoms with Crippen LogP contribution in [0.3, 0.4) is 0 Å². The number of halogens is 4. The minimum absolute atomic E-state index is 0.335. The van der Waals surface area contributed by atoms with Gasteiger partial charge in [0.2, 0.25) is 0 Å². The van der Waals surface area contributed by atoms with Crippen LogP contribution in [-0.4, -0.2) is 20.6 Å². The number of anilines is 2. The molecule has 188 valence electrons. The molecule has 2 amide bonds. The maximum atomic E-state index is 13.0. The van der Waals surface area contributed by atoms with Crippen LogP contribution in [0.5, 0.6) is 0 Å². The smallest absolute Gasteiger partial charge is 0.308 e. The minimum Gasteiger partial charge on any atom is -0.308 e. The number of nitrogens with zero attached hydrogens (tertiary/aromatic N) is 3. The molecule has 0 aliphatic carbocycles. The third-order valence-electron chi connectivity index (χ3n) is 5.70. The average Bonchev–Trinajstić information content (AvgIpc) is 3.13. The highest BCUT2D eigenvalue weighted by Crippen LogP contribution is 2.30. The Morgan fingerprint density at radius 2 is 1.81 bits per heavy atom. The topological polar surface area (TPSA) is 71.8 Å². The summed E-state index contributed by atoms with van der Waals surface area (Å²) < 4.78 is 40.8. The number of hydrogen-bond acceptors (Lipinski definition) is 3. The first-order chi connectivity index (χ1) is 17.1. The summed E-state index contributed by atoms with van der Waals surface area (Å²) in [5.74, 6) is 0.791. The molecule has 0 aliphatic rings. The van der Waals surface area contributed by atoms with Crippen LogP contribution in [0, 0.1) is 6.92 Å². The Hall–Kier alpha value is -3.59. The molecule has 0 fully saturated rings. The summed E-state index contributed by atoms with van der Waals surface area (Å²) in [7, 11) is 0. The zero-order valence-corrected chi connectivity index (χ0v) is 20.5. The molecular formula is C26H25ClF3N5O. The molecule has 0 unspecified atom stereocenters. The van der Waals surface area contributed by atoms with Crippen molar-refractivity contribution in [1.29, 1.82) is 0 Å². The zero-order valence-electron chi connectivity index (χ0n) is 19.8. The number of fused-ring (bicyclic) bond motifs is 1. The average molecular weight is 516 g/mol. The molecule has 0 saturated heterocycles. The Morgan fingerprint density at radius 3 is 2.47 bits per heavy atom. The number of carbonyl (C=O) groups is 1. The monoisotopic (exact) mass is 515 g/mol. The summed E-state index contributed by atoms with van der Waals surface area (Å²) in [6.45, 7) is 4.18. The highest BCUT2D eigenvalue weighted by molar-refractivity contribution is 6.30. The van der Waals surface area contributed by atoms with Gasteiger partial charge in [0, 0.05) is 17.1 Å². The maximum absolute atomic E-state index is 13.0. The molecule has 2 aromatic carbocycles. The van der Waals surface area contributed by atoms with Gasteiger partial charge in [0.1, 0.15) is 11.3 Å². The van der Waals surface area contributed by atoms with Crippen molar-refractivity contribution < 1.29 is 18.0 Å². The Morgan fingerprint density at radius 1 is 1.06 bits per heavy atom. The van der Waals surface area contributed by atoms with Gasteiger partial charge in [-0.05, 0) is 55.3 Å². The van der Waals surface area contributed by atoms with E-state index in [1.165, 1.54) is 12.1 Å². The zero-order chi connectivity index (χ0) is 25.9. The molecule has 0 bridgehead atoms. The lowest BCUT2D eigenvalue weighted by molar-refractivity contribution is -0.137. The lowest BCUT2D eigenvalue weighted by Crippen LogP contribution is -2.20. The van der Waals surface area contributed by atoms with Gasteiger partial charge < -0.3 is 15.2 Å². The number of pyridine rings is 1. The summed E-state index contributed by atoms with van der Waals surface area (Å²) >= 11 is 5.98. The van der Waals surface area contributed by atoms with E-state index in [2.05, 4.69) is 22.5 Å². The van der Waals surface area contributed by atoms with Crippen LogP contribution in [0.2, 0.25) is 5.02 Å². The molecule has 0 aliphatic heterocycles. The van der Waals surface area contributed by atoms with E-state index < -0.39 is 17.8 Å². The second kappa shape index (κ2) is 10.6. The number of aryl methyl sites for hydroxylation is 2. The number of benzene rings is 2. The van der Waals surface area contributed by atoms with Crippen molar-refractivity contribution in [2.75, 3.05) is 10.6 Å². The van der Waals surface area contributed by atoms with E-state index in [0.29, 0.717) is 51.8 Å². The molecule has 4 rings (SSSR count). The van der Waals surface area contributed by atoms with E-state index in [4.69, 9.17) is 16.6 Å². The number of carbonyl (C=O) groups excluding carboxylic acids is 1. The minimum atomic E-state index is -4.38. The van der Waals surface area contributed by atoms with E-state index in [1.807, 2.05) is 4.57 Å². The van der Waals surface area contributed by atoms with Crippen LogP contribution in [0.4, 0.5) is 29.3 Å². The number of unbranched alkanes of at least 4 members (excludes halogenated alkanes) is 1. The van der Waals surface area contributed by atoms with Crippen molar-refractivity contribution in [2.45, 2.75) is 45.8 Å². The molecule has 4 aromatic rings. The lowest BCUT2D eigenvalue weighted by atomic mass is 10.1. The predicted octanol–water partition coefficient (Wildman–Crippen LogP) is 7.45. The number of amides is 2. The van der Waals surface area contributed by atoms with Gasteiger partial charge in [-0.1, -0.05) is 43.1 Å². The molecule has 0 atom stereocenters. The van der Waals surface area contributed by atoms with E-state index in [9.17, 15) is 18.0 Å². The molecule has 0 spiro atoms. The first-order valence-corrected chi connectivity index (χ1v) is 11.9.